The van der Waals surface area contributed by atoms with E-state index in [-0.39, 0.29) is 6.04 Å². The maximum absolute atomic E-state index is 6.25. The molecule has 2 heterocycles. The fourth-order valence-corrected chi connectivity index (χ4v) is 2.98. The van der Waals surface area contributed by atoms with Gasteiger partial charge >= 0.3 is 0 Å². The Morgan fingerprint density at radius 2 is 2.33 bits per heavy atom. The van der Waals surface area contributed by atoms with E-state index < -0.39 is 0 Å². The molecule has 0 fully saturated rings. The number of aryl methyl sites for hydroxylation is 1. The quantitative estimate of drug-likeness (QED) is 0.857. The molecule has 0 spiro atoms. The highest BCUT2D eigenvalue weighted by molar-refractivity contribution is 6.32. The Kier molecular flexibility index (Phi) is 2.88. The highest BCUT2D eigenvalue weighted by Gasteiger charge is 2.23. The number of nitrogens with zero attached hydrogens (tertiary/aromatic N) is 2. The van der Waals surface area contributed by atoms with Crippen LogP contribution in [-0.4, -0.2) is 9.55 Å². The van der Waals surface area contributed by atoms with Gasteiger partial charge in [-0.05, 0) is 49.9 Å². The van der Waals surface area contributed by atoms with Crippen LogP contribution in [0.4, 0.5) is 0 Å². The Labute approximate surface area is 112 Å². The maximum atomic E-state index is 6.25. The minimum absolute atomic E-state index is 0.149. The molecule has 18 heavy (non-hydrogen) atoms. The Hall–Kier alpha value is -1.32. The summed E-state index contributed by atoms with van der Waals surface area (Å²) in [4.78, 5) is 4.40. The van der Waals surface area contributed by atoms with E-state index in [0.717, 1.165) is 30.8 Å². The van der Waals surface area contributed by atoms with Gasteiger partial charge in [0.25, 0.3) is 0 Å². The lowest BCUT2D eigenvalue weighted by molar-refractivity contribution is 0.559. The largest absolute Gasteiger partial charge is 0.324 e. The third-order valence-electron chi connectivity index (χ3n) is 3.60. The third kappa shape index (κ3) is 1.74. The van der Waals surface area contributed by atoms with Crippen molar-refractivity contribution in [3.8, 4) is 5.82 Å². The summed E-state index contributed by atoms with van der Waals surface area (Å²) in [5.41, 5.74) is 9.85. The number of rotatable bonds is 1. The van der Waals surface area contributed by atoms with Gasteiger partial charge in [0.1, 0.15) is 0 Å². The van der Waals surface area contributed by atoms with E-state index in [1.54, 1.807) is 6.20 Å². The fraction of sp³-hybridized carbons (Fsp3) is 0.357. The van der Waals surface area contributed by atoms with E-state index >= 15 is 0 Å². The summed E-state index contributed by atoms with van der Waals surface area (Å²) < 4.78 is 2.15. The Balaban J connectivity index is 2.22. The van der Waals surface area contributed by atoms with Crippen LogP contribution in [0.5, 0.6) is 0 Å². The van der Waals surface area contributed by atoms with Crippen LogP contribution in [0, 0.1) is 6.92 Å². The Morgan fingerprint density at radius 3 is 3.11 bits per heavy atom. The maximum Gasteiger partial charge on any atom is 0.155 e. The molecule has 1 aliphatic carbocycles. The Bertz CT molecular complexity index is 589. The summed E-state index contributed by atoms with van der Waals surface area (Å²) in [6.07, 6.45) is 5.01. The van der Waals surface area contributed by atoms with E-state index in [1.807, 2.05) is 12.1 Å². The second-order valence-electron chi connectivity index (χ2n) is 4.83. The molecule has 2 aromatic rings. The molecule has 3 nitrogen and oxygen atoms in total. The molecule has 0 radical (unpaired) electrons. The highest BCUT2D eigenvalue weighted by atomic mass is 35.5. The molecule has 94 valence electrons. The predicted octanol–water partition coefficient (Wildman–Crippen LogP) is 3.17. The van der Waals surface area contributed by atoms with Crippen LogP contribution in [0.3, 0.4) is 0 Å². The van der Waals surface area contributed by atoms with Gasteiger partial charge in [-0.2, -0.15) is 0 Å². The number of hydrogen-bond acceptors (Lipinski definition) is 2. The van der Waals surface area contributed by atoms with Crippen molar-refractivity contribution in [2.45, 2.75) is 32.2 Å². The summed E-state index contributed by atoms with van der Waals surface area (Å²) >= 11 is 6.25. The molecule has 3 rings (SSSR count). The van der Waals surface area contributed by atoms with Gasteiger partial charge in [0.2, 0.25) is 0 Å². The number of pyridine rings is 1. The molecule has 1 aliphatic rings. The Morgan fingerprint density at radius 1 is 1.50 bits per heavy atom. The van der Waals surface area contributed by atoms with Gasteiger partial charge in [-0.15, -0.1) is 0 Å². The predicted molar refractivity (Wildman–Crippen MR) is 73.2 cm³/mol. The molecule has 0 bridgehead atoms. The smallest absolute Gasteiger partial charge is 0.155 e. The number of aromatic nitrogens is 2. The average Bonchev–Trinajstić information content (AvgIpc) is 2.68. The lowest BCUT2D eigenvalue weighted by Gasteiger charge is -2.21. The SMILES string of the molecule is Cc1cc2c(n1-c1ncccc1Cl)CCCC2N. The van der Waals surface area contributed by atoms with Gasteiger partial charge in [0, 0.05) is 23.6 Å². The number of nitrogens with two attached hydrogens (primary N) is 1. The first kappa shape index (κ1) is 11.8. The monoisotopic (exact) mass is 261 g/mol. The zero-order valence-electron chi connectivity index (χ0n) is 10.4. The van der Waals surface area contributed by atoms with E-state index in [0.29, 0.717) is 5.02 Å². The minimum atomic E-state index is 0.149. The molecule has 4 heteroatoms. The summed E-state index contributed by atoms with van der Waals surface area (Å²) in [7, 11) is 0. The fourth-order valence-electron chi connectivity index (χ4n) is 2.77. The first-order valence-corrected chi connectivity index (χ1v) is 6.64. The van der Waals surface area contributed by atoms with Crippen molar-refractivity contribution in [3.63, 3.8) is 0 Å². The number of hydrogen-bond donors (Lipinski definition) is 1. The van der Waals surface area contributed by atoms with Crippen LogP contribution in [-0.2, 0) is 6.42 Å². The lowest BCUT2D eigenvalue weighted by Crippen LogP contribution is -2.18. The average molecular weight is 262 g/mol. The summed E-state index contributed by atoms with van der Waals surface area (Å²) in [5, 5.41) is 0.679. The second-order valence-corrected chi connectivity index (χ2v) is 5.24. The van der Waals surface area contributed by atoms with E-state index in [2.05, 4.69) is 22.5 Å². The van der Waals surface area contributed by atoms with Crippen LogP contribution in [0.2, 0.25) is 5.02 Å². The van der Waals surface area contributed by atoms with Crippen LogP contribution in [0.15, 0.2) is 24.4 Å². The van der Waals surface area contributed by atoms with E-state index in [4.69, 9.17) is 17.3 Å². The summed E-state index contributed by atoms with van der Waals surface area (Å²) in [5.74, 6) is 0.812. The summed E-state index contributed by atoms with van der Waals surface area (Å²) in [6, 6.07) is 6.04. The molecule has 0 amide bonds. The van der Waals surface area contributed by atoms with Gasteiger partial charge in [-0.1, -0.05) is 11.6 Å². The molecule has 2 N–H and O–H groups in total. The van der Waals surface area contributed by atoms with Crippen molar-refractivity contribution in [2.24, 2.45) is 5.73 Å². The first-order chi connectivity index (χ1) is 8.68. The molecule has 0 aromatic carbocycles. The second kappa shape index (κ2) is 4.41. The topological polar surface area (TPSA) is 43.8 Å². The van der Waals surface area contributed by atoms with Gasteiger partial charge in [-0.25, -0.2) is 4.98 Å². The summed E-state index contributed by atoms with van der Waals surface area (Å²) in [6.45, 7) is 2.08. The van der Waals surface area contributed by atoms with Gasteiger partial charge in [-0.3, -0.25) is 0 Å². The molecule has 0 saturated heterocycles. The van der Waals surface area contributed by atoms with Crippen molar-refractivity contribution in [1.29, 1.82) is 0 Å². The van der Waals surface area contributed by atoms with E-state index in [1.165, 1.54) is 11.3 Å². The van der Waals surface area contributed by atoms with Crippen molar-refractivity contribution >= 4 is 11.6 Å². The molecule has 2 aromatic heterocycles. The molecular formula is C14H16ClN3. The molecule has 0 aliphatic heterocycles. The zero-order valence-corrected chi connectivity index (χ0v) is 11.1. The van der Waals surface area contributed by atoms with Gasteiger partial charge < -0.3 is 10.3 Å². The standard InChI is InChI=1S/C14H16ClN3/c1-9-8-10-12(16)5-2-6-13(10)18(9)14-11(15)4-3-7-17-14/h3-4,7-8,12H,2,5-6,16H2,1H3. The molecule has 1 unspecified atom stereocenters. The molecule has 1 atom stereocenters. The van der Waals surface area contributed by atoms with Crippen LogP contribution < -0.4 is 5.73 Å². The normalized spacial score (nSPS) is 18.7. The third-order valence-corrected chi connectivity index (χ3v) is 3.89. The molecule has 0 saturated carbocycles. The highest BCUT2D eigenvalue weighted by Crippen LogP contribution is 2.33. The zero-order chi connectivity index (χ0) is 12.7. The van der Waals surface area contributed by atoms with Crippen molar-refractivity contribution in [1.82, 2.24) is 9.55 Å². The first-order valence-electron chi connectivity index (χ1n) is 6.26. The van der Waals surface area contributed by atoms with Gasteiger partial charge in [0.15, 0.2) is 5.82 Å². The van der Waals surface area contributed by atoms with Crippen molar-refractivity contribution in [3.05, 3.63) is 46.4 Å². The minimum Gasteiger partial charge on any atom is -0.324 e. The van der Waals surface area contributed by atoms with Crippen LogP contribution in [0.1, 0.15) is 35.8 Å². The van der Waals surface area contributed by atoms with Gasteiger partial charge in [0.05, 0.1) is 5.02 Å². The van der Waals surface area contributed by atoms with Crippen molar-refractivity contribution in [2.75, 3.05) is 0 Å². The van der Waals surface area contributed by atoms with Crippen molar-refractivity contribution < 1.29 is 0 Å². The lowest BCUT2D eigenvalue weighted by atomic mass is 9.93. The number of halogens is 1. The van der Waals surface area contributed by atoms with E-state index in [9.17, 15) is 0 Å². The number of fused-ring (bicyclic) bond motifs is 1. The molecular weight excluding hydrogens is 246 g/mol. The van der Waals surface area contributed by atoms with Crippen LogP contribution in [0.25, 0.3) is 5.82 Å². The van der Waals surface area contributed by atoms with Crippen LogP contribution >= 0.6 is 11.6 Å².